The van der Waals surface area contributed by atoms with Gasteiger partial charge in [-0.2, -0.15) is 5.10 Å². The number of benzene rings is 1. The second kappa shape index (κ2) is 6.57. The molecule has 0 aliphatic rings. The van der Waals surface area contributed by atoms with Crippen molar-refractivity contribution in [2.75, 3.05) is 0 Å². The zero-order valence-electron chi connectivity index (χ0n) is 13.8. The maximum absolute atomic E-state index is 12.5. The molecule has 0 radical (unpaired) electrons. The minimum absolute atomic E-state index is 0.0654. The molecule has 1 unspecified atom stereocenters. The summed E-state index contributed by atoms with van der Waals surface area (Å²) in [6.45, 7) is 1.82. The van der Waals surface area contributed by atoms with E-state index in [0.717, 1.165) is 10.5 Å². The van der Waals surface area contributed by atoms with Crippen LogP contribution < -0.4 is 10.9 Å². The highest BCUT2D eigenvalue weighted by molar-refractivity contribution is 7.14. The fourth-order valence-electron chi connectivity index (χ4n) is 2.65. The average molecular weight is 365 g/mol. The number of hydrogen-bond donors (Lipinski definition) is 2. The molecule has 4 aromatic rings. The molecule has 0 saturated heterocycles. The topological polar surface area (TPSA) is 92.2 Å². The summed E-state index contributed by atoms with van der Waals surface area (Å²) in [6, 6.07) is 12.4. The summed E-state index contributed by atoms with van der Waals surface area (Å²) in [5.74, 6) is -0.442. The zero-order valence-corrected chi connectivity index (χ0v) is 14.7. The highest BCUT2D eigenvalue weighted by Crippen LogP contribution is 2.17. The molecule has 0 fully saturated rings. The van der Waals surface area contributed by atoms with E-state index >= 15 is 0 Å². The highest BCUT2D eigenvalue weighted by Gasteiger charge is 2.17. The minimum Gasteiger partial charge on any atom is -0.344 e. The standard InChI is InChI=1S/C18H15N5O2S/c1-11(15-9-23-18(22-15)26-10-19-23)20-16(24)13-7-8-14(21-17(13)25)12-5-3-2-4-6-12/h2-11H,1H3,(H,20,24)(H,21,25). The van der Waals surface area contributed by atoms with Gasteiger partial charge in [0, 0.05) is 5.69 Å². The van der Waals surface area contributed by atoms with Crippen molar-refractivity contribution in [2.45, 2.75) is 13.0 Å². The molecule has 3 heterocycles. The van der Waals surface area contributed by atoms with Crippen molar-refractivity contribution < 1.29 is 4.79 Å². The molecule has 130 valence electrons. The number of rotatable bonds is 4. The van der Waals surface area contributed by atoms with Crippen LogP contribution in [-0.2, 0) is 0 Å². The average Bonchev–Trinajstić information content (AvgIpc) is 3.24. The van der Waals surface area contributed by atoms with Gasteiger partial charge in [0.25, 0.3) is 11.5 Å². The first-order valence-corrected chi connectivity index (χ1v) is 8.88. The molecule has 2 N–H and O–H groups in total. The van der Waals surface area contributed by atoms with Crippen LogP contribution in [0.4, 0.5) is 0 Å². The van der Waals surface area contributed by atoms with E-state index in [-0.39, 0.29) is 11.6 Å². The van der Waals surface area contributed by atoms with Gasteiger partial charge in [0.2, 0.25) is 4.96 Å². The molecule has 1 amide bonds. The van der Waals surface area contributed by atoms with Crippen LogP contribution >= 0.6 is 11.3 Å². The van der Waals surface area contributed by atoms with Crippen LogP contribution in [-0.4, -0.2) is 25.5 Å². The Morgan fingerprint density at radius 3 is 2.77 bits per heavy atom. The molecule has 0 aliphatic heterocycles. The summed E-state index contributed by atoms with van der Waals surface area (Å²) >= 11 is 1.42. The van der Waals surface area contributed by atoms with Gasteiger partial charge in [-0.25, -0.2) is 9.50 Å². The van der Waals surface area contributed by atoms with Crippen LogP contribution in [0.25, 0.3) is 16.2 Å². The second-order valence-electron chi connectivity index (χ2n) is 5.81. The van der Waals surface area contributed by atoms with Crippen molar-refractivity contribution in [1.82, 2.24) is 24.9 Å². The molecule has 1 aromatic carbocycles. The van der Waals surface area contributed by atoms with E-state index in [0.29, 0.717) is 11.4 Å². The van der Waals surface area contributed by atoms with Gasteiger partial charge >= 0.3 is 0 Å². The molecule has 0 spiro atoms. The van der Waals surface area contributed by atoms with Gasteiger partial charge in [-0.05, 0) is 24.6 Å². The molecule has 7 nitrogen and oxygen atoms in total. The van der Waals surface area contributed by atoms with E-state index in [4.69, 9.17) is 0 Å². The second-order valence-corrected chi connectivity index (χ2v) is 6.62. The van der Waals surface area contributed by atoms with Crippen LogP contribution in [0.5, 0.6) is 0 Å². The molecule has 0 saturated carbocycles. The van der Waals surface area contributed by atoms with Gasteiger partial charge in [0.1, 0.15) is 11.1 Å². The quantitative estimate of drug-likeness (QED) is 0.581. The number of aromatic nitrogens is 4. The van der Waals surface area contributed by atoms with Crippen molar-refractivity contribution in [3.05, 3.63) is 75.8 Å². The van der Waals surface area contributed by atoms with Gasteiger partial charge in [-0.1, -0.05) is 41.7 Å². The molecular weight excluding hydrogens is 350 g/mol. The first-order chi connectivity index (χ1) is 12.6. The number of fused-ring (bicyclic) bond motifs is 1. The monoisotopic (exact) mass is 365 g/mol. The third kappa shape index (κ3) is 3.02. The van der Waals surface area contributed by atoms with Gasteiger partial charge in [-0.3, -0.25) is 9.59 Å². The zero-order chi connectivity index (χ0) is 18.1. The Kier molecular flexibility index (Phi) is 4.10. The molecule has 4 rings (SSSR count). The van der Waals surface area contributed by atoms with E-state index in [1.54, 1.807) is 22.3 Å². The number of imidazole rings is 1. The van der Waals surface area contributed by atoms with E-state index < -0.39 is 11.5 Å². The fourth-order valence-corrected chi connectivity index (χ4v) is 3.26. The lowest BCUT2D eigenvalue weighted by molar-refractivity contribution is 0.0937. The van der Waals surface area contributed by atoms with Crippen molar-refractivity contribution in [3.8, 4) is 11.3 Å². The van der Waals surface area contributed by atoms with Crippen molar-refractivity contribution in [2.24, 2.45) is 0 Å². The van der Waals surface area contributed by atoms with Crippen molar-refractivity contribution in [3.63, 3.8) is 0 Å². The smallest absolute Gasteiger partial charge is 0.261 e. The molecule has 1 atom stereocenters. The highest BCUT2D eigenvalue weighted by atomic mass is 32.1. The summed E-state index contributed by atoms with van der Waals surface area (Å²) in [5.41, 5.74) is 3.58. The van der Waals surface area contributed by atoms with Gasteiger partial charge in [-0.15, -0.1) is 0 Å². The van der Waals surface area contributed by atoms with E-state index in [2.05, 4.69) is 20.4 Å². The van der Waals surface area contributed by atoms with Crippen LogP contribution in [0, 0.1) is 0 Å². The number of hydrogen-bond acceptors (Lipinski definition) is 5. The first-order valence-electron chi connectivity index (χ1n) is 8.00. The number of H-pyrrole nitrogens is 1. The van der Waals surface area contributed by atoms with Gasteiger partial charge in [0.05, 0.1) is 17.9 Å². The lowest BCUT2D eigenvalue weighted by atomic mass is 10.1. The van der Waals surface area contributed by atoms with Crippen LogP contribution in [0.1, 0.15) is 29.0 Å². The number of nitrogens with one attached hydrogen (secondary N) is 2. The largest absolute Gasteiger partial charge is 0.344 e. The number of amides is 1. The third-order valence-corrected chi connectivity index (χ3v) is 4.72. The SMILES string of the molecule is CC(NC(=O)c1ccc(-c2ccccc2)[nH]c1=O)c1cn2ncsc2n1. The summed E-state index contributed by atoms with van der Waals surface area (Å²) in [4.78, 5) is 32.7. The molecule has 3 aromatic heterocycles. The Balaban J connectivity index is 1.54. The number of carbonyl (C=O) groups excluding carboxylic acids is 1. The summed E-state index contributed by atoms with van der Waals surface area (Å²) in [6.07, 6.45) is 1.76. The van der Waals surface area contributed by atoms with Gasteiger partial charge in [0.15, 0.2) is 0 Å². The summed E-state index contributed by atoms with van der Waals surface area (Å²) in [5, 5.41) is 6.92. The lowest BCUT2D eigenvalue weighted by Crippen LogP contribution is -2.31. The predicted molar refractivity (Wildman–Crippen MR) is 99.2 cm³/mol. The maximum Gasteiger partial charge on any atom is 0.261 e. The third-order valence-electron chi connectivity index (χ3n) is 4.04. The normalized spacial score (nSPS) is 12.2. The van der Waals surface area contributed by atoms with E-state index in [1.807, 2.05) is 37.3 Å². The Bertz CT molecular complexity index is 1100. The molecule has 26 heavy (non-hydrogen) atoms. The lowest BCUT2D eigenvalue weighted by Gasteiger charge is -2.11. The van der Waals surface area contributed by atoms with Crippen LogP contribution in [0.2, 0.25) is 0 Å². The predicted octanol–water partition coefficient (Wildman–Crippen LogP) is 2.64. The Morgan fingerprint density at radius 2 is 2.04 bits per heavy atom. The maximum atomic E-state index is 12.5. The summed E-state index contributed by atoms with van der Waals surface area (Å²) < 4.78 is 1.66. The number of carbonyl (C=O) groups is 1. The Morgan fingerprint density at radius 1 is 1.23 bits per heavy atom. The van der Waals surface area contributed by atoms with Crippen LogP contribution in [0.15, 0.2) is 59.0 Å². The van der Waals surface area contributed by atoms with Crippen molar-refractivity contribution >= 4 is 22.2 Å². The number of nitrogens with zero attached hydrogens (tertiary/aromatic N) is 3. The minimum atomic E-state index is -0.442. The molecular formula is C18H15N5O2S. The van der Waals surface area contributed by atoms with E-state index in [1.165, 1.54) is 17.4 Å². The Hall–Kier alpha value is -3.26. The number of pyridine rings is 1. The number of aromatic amines is 1. The Labute approximate surface area is 152 Å². The molecule has 8 heteroatoms. The van der Waals surface area contributed by atoms with Gasteiger partial charge < -0.3 is 10.3 Å². The fraction of sp³-hybridized carbons (Fsp3) is 0.111. The molecule has 0 aliphatic carbocycles. The van der Waals surface area contributed by atoms with Crippen LogP contribution in [0.3, 0.4) is 0 Å². The van der Waals surface area contributed by atoms with Crippen molar-refractivity contribution in [1.29, 1.82) is 0 Å². The van der Waals surface area contributed by atoms with E-state index in [9.17, 15) is 9.59 Å². The summed E-state index contributed by atoms with van der Waals surface area (Å²) in [7, 11) is 0. The first kappa shape index (κ1) is 16.2. The molecule has 0 bridgehead atoms.